The first-order valence-electron chi connectivity index (χ1n) is 19.4. The van der Waals surface area contributed by atoms with Gasteiger partial charge in [0.05, 0.1) is 14.2 Å². The summed E-state index contributed by atoms with van der Waals surface area (Å²) in [6, 6.07) is 15.6. The predicted octanol–water partition coefficient (Wildman–Crippen LogP) is 3.99. The molecule has 3 aromatic carbocycles. The van der Waals surface area contributed by atoms with E-state index in [1.165, 1.54) is 55.3 Å². The molecule has 0 saturated carbocycles. The van der Waals surface area contributed by atoms with Crippen LogP contribution in [-0.2, 0) is 52.7 Å². The van der Waals surface area contributed by atoms with Crippen molar-refractivity contribution in [3.63, 3.8) is 0 Å². The number of carbonyl (C=O) groups is 5. The Balaban J connectivity index is 1.92. The van der Waals surface area contributed by atoms with Crippen molar-refractivity contribution in [2.45, 2.75) is 83.6 Å². The smallest absolute Gasteiger partial charge is 0.328 e. The van der Waals surface area contributed by atoms with Crippen LogP contribution in [0.3, 0.4) is 0 Å². The van der Waals surface area contributed by atoms with E-state index < -0.39 is 71.8 Å². The zero-order valence-electron chi connectivity index (χ0n) is 35.3. The van der Waals surface area contributed by atoms with Crippen LogP contribution < -0.4 is 10.1 Å². The van der Waals surface area contributed by atoms with Gasteiger partial charge in [0.1, 0.15) is 41.4 Å². The van der Waals surface area contributed by atoms with Gasteiger partial charge in [0.2, 0.25) is 11.8 Å². The molecule has 0 aliphatic heterocycles. The third-order valence-electron chi connectivity index (χ3n) is 10.5. The average molecular weight is 805 g/mol. The number of phenols is 2. The Hall–Kier alpha value is -5.63. The minimum Gasteiger partial charge on any atom is -0.508 e. The number of ether oxygens (including phenoxy) is 3. The number of carbonyl (C=O) groups excluding carboxylic acids is 5. The van der Waals surface area contributed by atoms with E-state index in [0.717, 1.165) is 5.56 Å². The Bertz CT molecular complexity index is 1820. The number of amides is 3. The number of hydrogen-bond donors (Lipinski definition) is 3. The van der Waals surface area contributed by atoms with E-state index >= 15 is 0 Å². The number of hydrogen-bond acceptors (Lipinski definition) is 11. The molecule has 0 heterocycles. The van der Waals surface area contributed by atoms with Crippen molar-refractivity contribution in [1.82, 2.24) is 20.0 Å². The number of aromatic hydroxyl groups is 2. The number of esters is 2. The maximum absolute atomic E-state index is 14.5. The first-order valence-corrected chi connectivity index (χ1v) is 19.4. The van der Waals surface area contributed by atoms with Gasteiger partial charge in [-0.1, -0.05) is 64.1 Å². The quantitative estimate of drug-likeness (QED) is 0.141. The second kappa shape index (κ2) is 21.8. The van der Waals surface area contributed by atoms with Crippen molar-refractivity contribution in [3.05, 3.63) is 89.5 Å². The number of rotatable bonds is 20. The summed E-state index contributed by atoms with van der Waals surface area (Å²) in [5.41, 5.74) is 2.15. The summed E-state index contributed by atoms with van der Waals surface area (Å²) < 4.78 is 16.3. The largest absolute Gasteiger partial charge is 0.508 e. The minimum atomic E-state index is -1.23. The molecule has 0 radical (unpaired) electrons. The van der Waals surface area contributed by atoms with Crippen LogP contribution >= 0.6 is 0 Å². The molecule has 0 unspecified atom stereocenters. The van der Waals surface area contributed by atoms with E-state index in [1.54, 1.807) is 83.3 Å². The van der Waals surface area contributed by atoms with E-state index in [4.69, 9.17) is 14.2 Å². The van der Waals surface area contributed by atoms with Gasteiger partial charge in [0.25, 0.3) is 5.91 Å². The van der Waals surface area contributed by atoms with Gasteiger partial charge in [-0.25, -0.2) is 4.79 Å². The van der Waals surface area contributed by atoms with E-state index in [-0.39, 0.29) is 24.3 Å². The van der Waals surface area contributed by atoms with Crippen molar-refractivity contribution in [3.8, 4) is 17.2 Å². The monoisotopic (exact) mass is 804 g/mol. The van der Waals surface area contributed by atoms with Crippen LogP contribution in [0, 0.1) is 11.8 Å². The molecular weight excluding hydrogens is 745 g/mol. The SMILES string of the molecule is CC[C@@H](C)[C@@H](OC(=O)[C@@H](Cc1ccc(OC)cc1)N(C)C)C(=O)N[C@H](C(=O)N(C)[C@H](Cc1ccc(O)cc1)C(=O)N(C)[C@@H](Cc1ccc(O)cc1)C(=O)OC)C(C)C. The molecule has 0 aliphatic carbocycles. The van der Waals surface area contributed by atoms with E-state index in [9.17, 15) is 34.2 Å². The highest BCUT2D eigenvalue weighted by Crippen LogP contribution is 2.22. The van der Waals surface area contributed by atoms with Gasteiger partial charge < -0.3 is 39.5 Å². The molecule has 14 heteroatoms. The number of likely N-dealkylation sites (N-methyl/N-ethyl adjacent to an activating group) is 3. The number of benzene rings is 3. The predicted molar refractivity (Wildman–Crippen MR) is 219 cm³/mol. The fourth-order valence-electron chi connectivity index (χ4n) is 6.43. The van der Waals surface area contributed by atoms with Crippen LogP contribution in [0.4, 0.5) is 0 Å². The van der Waals surface area contributed by atoms with Crippen LogP contribution in [0.2, 0.25) is 0 Å². The average Bonchev–Trinajstić information content (AvgIpc) is 3.21. The molecule has 0 fully saturated rings. The zero-order chi connectivity index (χ0) is 43.3. The summed E-state index contributed by atoms with van der Waals surface area (Å²) in [4.78, 5) is 74.2. The second-order valence-electron chi connectivity index (χ2n) is 15.2. The summed E-state index contributed by atoms with van der Waals surface area (Å²) in [6.07, 6.45) is -0.341. The number of phenolic OH excluding ortho intramolecular Hbond substituents is 2. The molecule has 3 N–H and O–H groups in total. The highest BCUT2D eigenvalue weighted by Gasteiger charge is 2.40. The van der Waals surface area contributed by atoms with Crippen molar-refractivity contribution in [1.29, 1.82) is 0 Å². The molecule has 58 heavy (non-hydrogen) atoms. The topological polar surface area (TPSA) is 175 Å². The van der Waals surface area contributed by atoms with Gasteiger partial charge in [0.15, 0.2) is 6.10 Å². The molecule has 0 aliphatic rings. The van der Waals surface area contributed by atoms with Crippen molar-refractivity contribution < 1.29 is 48.4 Å². The Kier molecular flexibility index (Phi) is 17.5. The highest BCUT2D eigenvalue weighted by atomic mass is 16.6. The summed E-state index contributed by atoms with van der Waals surface area (Å²) in [5.74, 6) is -3.22. The summed E-state index contributed by atoms with van der Waals surface area (Å²) in [7, 11) is 9.21. The maximum atomic E-state index is 14.5. The third kappa shape index (κ3) is 12.7. The maximum Gasteiger partial charge on any atom is 0.328 e. The standard InChI is InChI=1S/C44H60N4O10/c1-11-28(4)39(58-44(55)36(46(5)6)25-31-16-22-34(56-9)23-17-31)40(51)45-38(27(2)3)42(53)47(7)35(24-29-12-18-32(49)19-13-29)41(52)48(8)37(43(54)57-10)26-30-14-20-33(50)21-15-30/h12-23,27-28,35-39,49-50H,11,24-26H2,1-10H3,(H,45,51)/t28-,35-,36-,37+,38+,39-/m1/s1. The Morgan fingerprint density at radius 3 is 1.52 bits per heavy atom. The van der Waals surface area contributed by atoms with Crippen molar-refractivity contribution in [2.75, 3.05) is 42.4 Å². The van der Waals surface area contributed by atoms with Crippen molar-refractivity contribution in [2.24, 2.45) is 11.8 Å². The minimum absolute atomic E-state index is 0.00475. The molecule has 0 saturated heterocycles. The van der Waals surface area contributed by atoms with Crippen LogP contribution in [0.5, 0.6) is 17.2 Å². The van der Waals surface area contributed by atoms with Gasteiger partial charge in [0, 0.05) is 32.9 Å². The fourth-order valence-corrected chi connectivity index (χ4v) is 6.43. The van der Waals surface area contributed by atoms with Gasteiger partial charge >= 0.3 is 11.9 Å². The van der Waals surface area contributed by atoms with Gasteiger partial charge in [-0.2, -0.15) is 0 Å². The third-order valence-corrected chi connectivity index (χ3v) is 10.5. The molecule has 316 valence electrons. The molecule has 0 bridgehead atoms. The number of nitrogens with one attached hydrogen (secondary N) is 1. The highest BCUT2D eigenvalue weighted by molar-refractivity contribution is 5.95. The number of methoxy groups -OCH3 is 2. The van der Waals surface area contributed by atoms with Crippen LogP contribution in [0.15, 0.2) is 72.8 Å². The lowest BCUT2D eigenvalue weighted by molar-refractivity contribution is -0.164. The summed E-state index contributed by atoms with van der Waals surface area (Å²) in [6.45, 7) is 7.18. The Labute approximate surface area is 342 Å². The molecule has 0 spiro atoms. The van der Waals surface area contributed by atoms with E-state index in [2.05, 4.69) is 5.32 Å². The lowest BCUT2D eigenvalue weighted by atomic mass is 9.96. The lowest BCUT2D eigenvalue weighted by Crippen LogP contribution is -2.59. The first-order chi connectivity index (χ1) is 27.4. The molecule has 6 atom stereocenters. The van der Waals surface area contributed by atoms with E-state index in [0.29, 0.717) is 29.7 Å². The van der Waals surface area contributed by atoms with Crippen LogP contribution in [0.25, 0.3) is 0 Å². The van der Waals surface area contributed by atoms with Gasteiger partial charge in [-0.15, -0.1) is 0 Å². The van der Waals surface area contributed by atoms with E-state index in [1.807, 2.05) is 19.1 Å². The van der Waals surface area contributed by atoms with Crippen LogP contribution in [0.1, 0.15) is 50.8 Å². The molecule has 3 amide bonds. The Morgan fingerprint density at radius 1 is 0.638 bits per heavy atom. The second-order valence-corrected chi connectivity index (χ2v) is 15.2. The molecule has 0 aromatic heterocycles. The zero-order valence-corrected chi connectivity index (χ0v) is 35.3. The Morgan fingerprint density at radius 2 is 1.09 bits per heavy atom. The molecule has 3 rings (SSSR count). The van der Waals surface area contributed by atoms with Gasteiger partial charge in [-0.3, -0.25) is 24.1 Å². The molecular formula is C44H60N4O10. The number of nitrogens with zero attached hydrogens (tertiary/aromatic N) is 3. The summed E-state index contributed by atoms with van der Waals surface area (Å²) in [5, 5.41) is 22.6. The van der Waals surface area contributed by atoms with Gasteiger partial charge in [-0.05, 0) is 85.9 Å². The molecule has 14 nitrogen and oxygen atoms in total. The first kappa shape index (κ1) is 46.8. The van der Waals surface area contributed by atoms with Crippen LogP contribution in [-0.4, -0.2) is 127 Å². The fraction of sp³-hybridized carbons (Fsp3) is 0.477. The summed E-state index contributed by atoms with van der Waals surface area (Å²) >= 11 is 0. The molecule has 3 aromatic rings. The lowest BCUT2D eigenvalue weighted by Gasteiger charge is -2.36. The normalized spacial score (nSPS) is 14.3. The van der Waals surface area contributed by atoms with Crippen molar-refractivity contribution >= 4 is 29.7 Å².